The van der Waals surface area contributed by atoms with Crippen LogP contribution in [0, 0.1) is 0 Å². The quantitative estimate of drug-likeness (QED) is 0.777. The lowest BCUT2D eigenvalue weighted by Gasteiger charge is -2.33. The molecule has 0 aliphatic carbocycles. The first-order chi connectivity index (χ1) is 7.68. The number of likely N-dealkylation sites (tertiary alicyclic amines) is 1. The molecule has 0 aromatic carbocycles. The van der Waals surface area contributed by atoms with Gasteiger partial charge in [-0.3, -0.25) is 9.59 Å². The fourth-order valence-electron chi connectivity index (χ4n) is 2.13. The lowest BCUT2D eigenvalue weighted by molar-refractivity contribution is 0.0629. The summed E-state index contributed by atoms with van der Waals surface area (Å²) in [4.78, 5) is 27.7. The van der Waals surface area contributed by atoms with Gasteiger partial charge >= 0.3 is 0 Å². The Labute approximate surface area is 94.3 Å². The van der Waals surface area contributed by atoms with Gasteiger partial charge in [-0.05, 0) is 32.3 Å². The van der Waals surface area contributed by atoms with Crippen LogP contribution in [0.2, 0.25) is 0 Å². The highest BCUT2D eigenvalue weighted by Crippen LogP contribution is 2.18. The Morgan fingerprint density at radius 1 is 1.44 bits per heavy atom. The number of hydrogen-bond acceptors (Lipinski definition) is 2. The Kier molecular flexibility index (Phi) is 3.08. The van der Waals surface area contributed by atoms with E-state index in [2.05, 4.69) is 11.9 Å². The van der Waals surface area contributed by atoms with Crippen molar-refractivity contribution in [2.45, 2.75) is 32.2 Å². The van der Waals surface area contributed by atoms with E-state index in [-0.39, 0.29) is 17.5 Å². The number of carbonyl (C=O) groups excluding carboxylic acids is 1. The number of nitrogens with one attached hydrogen (secondary N) is 1. The molecule has 1 fully saturated rings. The number of aromatic nitrogens is 1. The van der Waals surface area contributed by atoms with Gasteiger partial charge in [0.2, 0.25) is 5.56 Å². The molecule has 1 N–H and O–H groups in total. The number of carbonyl (C=O) groups is 1. The Morgan fingerprint density at radius 2 is 2.25 bits per heavy atom. The van der Waals surface area contributed by atoms with Gasteiger partial charge in [0.1, 0.15) is 5.69 Å². The summed E-state index contributed by atoms with van der Waals surface area (Å²) in [6.07, 6.45) is 3.27. The van der Waals surface area contributed by atoms with E-state index >= 15 is 0 Å². The Hall–Kier alpha value is -1.58. The minimum absolute atomic E-state index is 0.0649. The summed E-state index contributed by atoms with van der Waals surface area (Å²) >= 11 is 0. The smallest absolute Gasteiger partial charge is 0.270 e. The molecule has 0 bridgehead atoms. The van der Waals surface area contributed by atoms with Crippen LogP contribution < -0.4 is 5.56 Å². The van der Waals surface area contributed by atoms with Crippen molar-refractivity contribution in [3.8, 4) is 0 Å². The highest BCUT2D eigenvalue weighted by Gasteiger charge is 2.24. The van der Waals surface area contributed by atoms with E-state index < -0.39 is 0 Å². The molecule has 16 heavy (non-hydrogen) atoms. The monoisotopic (exact) mass is 220 g/mol. The van der Waals surface area contributed by atoms with Crippen LogP contribution in [0.5, 0.6) is 0 Å². The van der Waals surface area contributed by atoms with Crippen molar-refractivity contribution in [2.24, 2.45) is 0 Å². The largest absolute Gasteiger partial charge is 0.335 e. The Bertz CT molecular complexity index is 439. The average molecular weight is 220 g/mol. The van der Waals surface area contributed by atoms with Gasteiger partial charge in [-0.1, -0.05) is 6.07 Å². The number of amides is 1. The maximum absolute atomic E-state index is 12.1. The van der Waals surface area contributed by atoms with Gasteiger partial charge in [-0.15, -0.1) is 0 Å². The van der Waals surface area contributed by atoms with Crippen LogP contribution in [0.25, 0.3) is 0 Å². The number of pyridine rings is 1. The van der Waals surface area contributed by atoms with Crippen molar-refractivity contribution in [1.82, 2.24) is 9.88 Å². The first-order valence-corrected chi connectivity index (χ1v) is 5.69. The third kappa shape index (κ3) is 2.15. The van der Waals surface area contributed by atoms with E-state index in [9.17, 15) is 9.59 Å². The van der Waals surface area contributed by atoms with Crippen LogP contribution in [0.1, 0.15) is 36.7 Å². The molecule has 1 aromatic rings. The van der Waals surface area contributed by atoms with Crippen molar-refractivity contribution in [1.29, 1.82) is 0 Å². The second kappa shape index (κ2) is 4.51. The molecular weight excluding hydrogens is 204 g/mol. The molecule has 1 aromatic heterocycles. The van der Waals surface area contributed by atoms with Crippen molar-refractivity contribution < 1.29 is 4.79 Å². The molecule has 1 aliphatic heterocycles. The Morgan fingerprint density at radius 3 is 2.94 bits per heavy atom. The maximum Gasteiger partial charge on any atom is 0.270 e. The normalized spacial score (nSPS) is 20.8. The van der Waals surface area contributed by atoms with Crippen molar-refractivity contribution in [2.75, 3.05) is 6.54 Å². The van der Waals surface area contributed by atoms with Gasteiger partial charge in [0, 0.05) is 18.7 Å². The molecule has 1 atom stereocenters. The molecule has 0 spiro atoms. The second-order valence-electron chi connectivity index (χ2n) is 4.27. The van der Waals surface area contributed by atoms with Gasteiger partial charge in [0.25, 0.3) is 5.91 Å². The predicted molar refractivity (Wildman–Crippen MR) is 61.4 cm³/mol. The fourth-order valence-corrected chi connectivity index (χ4v) is 2.13. The first-order valence-electron chi connectivity index (χ1n) is 5.69. The zero-order chi connectivity index (χ0) is 11.5. The van der Waals surface area contributed by atoms with E-state index in [0.29, 0.717) is 5.69 Å². The van der Waals surface area contributed by atoms with Crippen LogP contribution in [-0.4, -0.2) is 28.4 Å². The van der Waals surface area contributed by atoms with Crippen molar-refractivity contribution >= 4 is 5.91 Å². The zero-order valence-electron chi connectivity index (χ0n) is 9.40. The molecule has 1 aliphatic rings. The predicted octanol–water partition coefficient (Wildman–Crippen LogP) is 1.39. The summed E-state index contributed by atoms with van der Waals surface area (Å²) in [5.74, 6) is -0.0649. The van der Waals surface area contributed by atoms with Gasteiger partial charge in [-0.2, -0.15) is 0 Å². The minimum atomic E-state index is -0.226. The summed E-state index contributed by atoms with van der Waals surface area (Å²) in [6.45, 7) is 2.84. The summed E-state index contributed by atoms with van der Waals surface area (Å²) in [7, 11) is 0. The van der Waals surface area contributed by atoms with Gasteiger partial charge in [-0.25, -0.2) is 0 Å². The van der Waals surface area contributed by atoms with Crippen LogP contribution in [0.3, 0.4) is 0 Å². The topological polar surface area (TPSA) is 53.2 Å². The highest BCUT2D eigenvalue weighted by molar-refractivity contribution is 5.92. The van der Waals surface area contributed by atoms with Crippen LogP contribution >= 0.6 is 0 Å². The lowest BCUT2D eigenvalue weighted by atomic mass is 10.0. The number of piperidine rings is 1. The summed E-state index contributed by atoms with van der Waals surface area (Å²) in [5.41, 5.74) is 0.164. The van der Waals surface area contributed by atoms with Gasteiger partial charge < -0.3 is 9.88 Å². The third-order valence-electron chi connectivity index (χ3n) is 3.06. The molecule has 86 valence electrons. The van der Waals surface area contributed by atoms with E-state index in [1.165, 1.54) is 12.5 Å². The molecule has 2 rings (SSSR count). The average Bonchev–Trinajstić information content (AvgIpc) is 2.29. The fraction of sp³-hybridized carbons (Fsp3) is 0.500. The lowest BCUT2D eigenvalue weighted by Crippen LogP contribution is -2.42. The second-order valence-corrected chi connectivity index (χ2v) is 4.27. The molecule has 0 saturated carbocycles. The number of hydrogen-bond donors (Lipinski definition) is 1. The number of aromatic amines is 1. The first kappa shape index (κ1) is 10.9. The number of nitrogens with zero attached hydrogens (tertiary/aromatic N) is 1. The van der Waals surface area contributed by atoms with E-state index in [1.807, 2.05) is 4.90 Å². The molecular formula is C12H16N2O2. The van der Waals surface area contributed by atoms with E-state index in [1.54, 1.807) is 12.1 Å². The Balaban J connectivity index is 2.21. The van der Waals surface area contributed by atoms with E-state index in [0.717, 1.165) is 19.4 Å². The van der Waals surface area contributed by atoms with Crippen LogP contribution in [-0.2, 0) is 0 Å². The minimum Gasteiger partial charge on any atom is -0.335 e. The summed E-state index contributed by atoms with van der Waals surface area (Å²) in [5, 5.41) is 0. The molecule has 4 nitrogen and oxygen atoms in total. The van der Waals surface area contributed by atoms with E-state index in [4.69, 9.17) is 0 Å². The zero-order valence-corrected chi connectivity index (χ0v) is 9.40. The highest BCUT2D eigenvalue weighted by atomic mass is 16.2. The van der Waals surface area contributed by atoms with Gasteiger partial charge in [0.15, 0.2) is 0 Å². The standard InChI is InChI=1S/C12H16N2O2/c1-9-5-2-3-8-14(9)12(16)10-6-4-7-11(15)13-10/h4,6-7,9H,2-3,5,8H2,1H3,(H,13,15). The molecule has 0 radical (unpaired) electrons. The summed E-state index contributed by atoms with van der Waals surface area (Å²) in [6, 6.07) is 4.95. The number of H-pyrrole nitrogens is 1. The molecule has 1 unspecified atom stereocenters. The third-order valence-corrected chi connectivity index (χ3v) is 3.06. The molecule has 1 saturated heterocycles. The maximum atomic E-state index is 12.1. The van der Waals surface area contributed by atoms with Gasteiger partial charge in [0.05, 0.1) is 0 Å². The molecule has 1 amide bonds. The summed E-state index contributed by atoms with van der Waals surface area (Å²) < 4.78 is 0. The molecule has 2 heterocycles. The molecule has 4 heteroatoms. The SMILES string of the molecule is CC1CCCCN1C(=O)c1cccc(=O)[nH]1. The van der Waals surface area contributed by atoms with Crippen LogP contribution in [0.15, 0.2) is 23.0 Å². The van der Waals surface area contributed by atoms with Crippen molar-refractivity contribution in [3.05, 3.63) is 34.2 Å². The van der Waals surface area contributed by atoms with Crippen molar-refractivity contribution in [3.63, 3.8) is 0 Å². The van der Waals surface area contributed by atoms with Crippen LogP contribution in [0.4, 0.5) is 0 Å². The number of rotatable bonds is 1.